The smallest absolute Gasteiger partial charge is 0.231 e. The summed E-state index contributed by atoms with van der Waals surface area (Å²) in [5.41, 5.74) is 8.10. The molecule has 0 aliphatic carbocycles. The lowest BCUT2D eigenvalue weighted by Crippen LogP contribution is -1.98. The first-order valence-corrected chi connectivity index (χ1v) is 6.52. The Morgan fingerprint density at radius 2 is 2.11 bits per heavy atom. The summed E-state index contributed by atoms with van der Waals surface area (Å²) in [5, 5.41) is 0. The lowest BCUT2D eigenvalue weighted by Gasteiger charge is -2.12. The molecule has 1 heterocycles. The fraction of sp³-hybridized carbons (Fsp3) is 0.467. The Morgan fingerprint density at radius 1 is 1.33 bits per heavy atom. The highest BCUT2D eigenvalue weighted by Crippen LogP contribution is 2.36. The number of ether oxygens (including phenoxy) is 2. The number of rotatable bonds is 5. The van der Waals surface area contributed by atoms with Crippen LogP contribution in [0.15, 0.2) is 24.3 Å². The highest BCUT2D eigenvalue weighted by Gasteiger charge is 2.15. The number of nitrogens with two attached hydrogens (primary N) is 1. The van der Waals surface area contributed by atoms with Crippen molar-refractivity contribution in [2.24, 2.45) is 11.7 Å². The molecule has 1 aliphatic rings. The second-order valence-electron chi connectivity index (χ2n) is 4.81. The number of hydrogen-bond donors (Lipinski definition) is 1. The molecule has 0 saturated heterocycles. The molecule has 2 N–H and O–H groups in total. The minimum Gasteiger partial charge on any atom is -0.454 e. The summed E-state index contributed by atoms with van der Waals surface area (Å²) < 4.78 is 10.8. The first kappa shape index (κ1) is 13.0. The first-order chi connectivity index (χ1) is 8.72. The molecule has 0 unspecified atom stereocenters. The van der Waals surface area contributed by atoms with Crippen molar-refractivity contribution in [3.05, 3.63) is 29.8 Å². The van der Waals surface area contributed by atoms with Crippen molar-refractivity contribution in [1.29, 1.82) is 0 Å². The van der Waals surface area contributed by atoms with Crippen molar-refractivity contribution >= 4 is 5.57 Å². The first-order valence-electron chi connectivity index (χ1n) is 6.52. The normalized spacial score (nSPS) is 14.3. The van der Waals surface area contributed by atoms with E-state index in [1.807, 2.05) is 6.07 Å². The molecule has 0 atom stereocenters. The maximum atomic E-state index is 5.54. The van der Waals surface area contributed by atoms with Gasteiger partial charge in [-0.2, -0.15) is 0 Å². The summed E-state index contributed by atoms with van der Waals surface area (Å²) in [5.74, 6) is 2.17. The molecule has 0 fully saturated rings. The van der Waals surface area contributed by atoms with Gasteiger partial charge < -0.3 is 15.2 Å². The van der Waals surface area contributed by atoms with Crippen LogP contribution in [0.3, 0.4) is 0 Å². The van der Waals surface area contributed by atoms with Crippen LogP contribution in [0.1, 0.15) is 32.3 Å². The van der Waals surface area contributed by atoms with Crippen LogP contribution in [0.2, 0.25) is 0 Å². The SMILES string of the molecule is CC(C)/C(=C\CCCN)c1ccc2c(c1)OCO2. The van der Waals surface area contributed by atoms with Gasteiger partial charge in [0, 0.05) is 0 Å². The molecule has 0 aromatic heterocycles. The third kappa shape index (κ3) is 2.85. The van der Waals surface area contributed by atoms with Gasteiger partial charge in [-0.3, -0.25) is 0 Å². The van der Waals surface area contributed by atoms with Gasteiger partial charge in [0.2, 0.25) is 6.79 Å². The molecular weight excluding hydrogens is 226 g/mol. The van der Waals surface area contributed by atoms with Crippen LogP contribution in [-0.2, 0) is 0 Å². The van der Waals surface area contributed by atoms with E-state index < -0.39 is 0 Å². The number of hydrogen-bond acceptors (Lipinski definition) is 3. The van der Waals surface area contributed by atoms with Crippen molar-refractivity contribution in [3.63, 3.8) is 0 Å². The Kier molecular flexibility index (Phi) is 4.26. The molecule has 0 radical (unpaired) electrons. The van der Waals surface area contributed by atoms with Gasteiger partial charge in [0.25, 0.3) is 0 Å². The second-order valence-corrected chi connectivity index (χ2v) is 4.81. The standard InChI is InChI=1S/C15H21NO2/c1-11(2)13(5-3-4-8-16)12-6-7-14-15(9-12)18-10-17-14/h5-7,9,11H,3-4,8,10,16H2,1-2H3/b13-5+. The molecule has 3 nitrogen and oxygen atoms in total. The number of unbranched alkanes of at least 4 members (excludes halogenated alkanes) is 1. The Hall–Kier alpha value is -1.48. The maximum absolute atomic E-state index is 5.54. The molecule has 0 bridgehead atoms. The third-order valence-corrected chi connectivity index (χ3v) is 3.10. The molecule has 1 aromatic carbocycles. The summed E-state index contributed by atoms with van der Waals surface area (Å²) in [6.45, 7) is 5.48. The van der Waals surface area contributed by atoms with E-state index in [1.54, 1.807) is 0 Å². The molecule has 0 saturated carbocycles. The van der Waals surface area contributed by atoms with Gasteiger partial charge in [-0.05, 0) is 48.6 Å². The van der Waals surface area contributed by atoms with Crippen molar-refractivity contribution in [2.45, 2.75) is 26.7 Å². The van der Waals surface area contributed by atoms with Crippen molar-refractivity contribution in [1.82, 2.24) is 0 Å². The summed E-state index contributed by atoms with van der Waals surface area (Å²) in [6.07, 6.45) is 4.34. The summed E-state index contributed by atoms with van der Waals surface area (Å²) in [6, 6.07) is 6.15. The van der Waals surface area contributed by atoms with E-state index in [0.717, 1.165) is 30.9 Å². The van der Waals surface area contributed by atoms with Crippen LogP contribution >= 0.6 is 0 Å². The fourth-order valence-corrected chi connectivity index (χ4v) is 2.14. The van der Waals surface area contributed by atoms with Gasteiger partial charge in [-0.1, -0.05) is 26.0 Å². The molecule has 1 aromatic rings. The Morgan fingerprint density at radius 3 is 2.83 bits per heavy atom. The zero-order chi connectivity index (χ0) is 13.0. The van der Waals surface area contributed by atoms with Crippen LogP contribution in [-0.4, -0.2) is 13.3 Å². The lowest BCUT2D eigenvalue weighted by atomic mass is 9.93. The van der Waals surface area contributed by atoms with Gasteiger partial charge in [0.1, 0.15) is 0 Å². The molecule has 0 spiro atoms. The average Bonchev–Trinajstić information content (AvgIpc) is 2.81. The Bertz CT molecular complexity index is 438. The molecular formula is C15H21NO2. The Balaban J connectivity index is 2.23. The Labute approximate surface area is 109 Å². The number of fused-ring (bicyclic) bond motifs is 1. The summed E-state index contributed by atoms with van der Waals surface area (Å²) >= 11 is 0. The zero-order valence-corrected chi connectivity index (χ0v) is 11.1. The van der Waals surface area contributed by atoms with Crippen molar-refractivity contribution < 1.29 is 9.47 Å². The highest BCUT2D eigenvalue weighted by atomic mass is 16.7. The monoisotopic (exact) mass is 247 g/mol. The molecule has 3 heteroatoms. The van der Waals surface area contributed by atoms with E-state index in [-0.39, 0.29) is 0 Å². The number of allylic oxidation sites excluding steroid dienone is 2. The van der Waals surface area contributed by atoms with Crippen LogP contribution in [0.4, 0.5) is 0 Å². The third-order valence-electron chi connectivity index (χ3n) is 3.10. The minimum atomic E-state index is 0.326. The lowest BCUT2D eigenvalue weighted by molar-refractivity contribution is 0.174. The zero-order valence-electron chi connectivity index (χ0n) is 11.1. The van der Waals surface area contributed by atoms with Crippen LogP contribution in [0.5, 0.6) is 11.5 Å². The van der Waals surface area contributed by atoms with E-state index in [0.29, 0.717) is 12.7 Å². The minimum absolute atomic E-state index is 0.326. The van der Waals surface area contributed by atoms with Gasteiger partial charge in [0.15, 0.2) is 11.5 Å². The molecule has 0 amide bonds. The number of benzene rings is 1. The van der Waals surface area contributed by atoms with E-state index in [2.05, 4.69) is 32.1 Å². The fourth-order valence-electron chi connectivity index (χ4n) is 2.14. The van der Waals surface area contributed by atoms with E-state index >= 15 is 0 Å². The van der Waals surface area contributed by atoms with Crippen molar-refractivity contribution in [2.75, 3.05) is 13.3 Å². The second kappa shape index (κ2) is 5.91. The summed E-state index contributed by atoms with van der Waals surface area (Å²) in [4.78, 5) is 0. The largest absolute Gasteiger partial charge is 0.454 e. The van der Waals surface area contributed by atoms with Crippen LogP contribution in [0.25, 0.3) is 5.57 Å². The molecule has 1 aliphatic heterocycles. The van der Waals surface area contributed by atoms with Gasteiger partial charge >= 0.3 is 0 Å². The van der Waals surface area contributed by atoms with E-state index in [9.17, 15) is 0 Å². The maximum Gasteiger partial charge on any atom is 0.231 e. The van der Waals surface area contributed by atoms with E-state index in [4.69, 9.17) is 15.2 Å². The molecule has 98 valence electrons. The molecule has 18 heavy (non-hydrogen) atoms. The van der Waals surface area contributed by atoms with Crippen molar-refractivity contribution in [3.8, 4) is 11.5 Å². The summed E-state index contributed by atoms with van der Waals surface area (Å²) in [7, 11) is 0. The molecule has 2 rings (SSSR count). The quantitative estimate of drug-likeness (QED) is 0.813. The average molecular weight is 247 g/mol. The van der Waals surface area contributed by atoms with E-state index in [1.165, 1.54) is 11.1 Å². The van der Waals surface area contributed by atoms with Crippen LogP contribution < -0.4 is 15.2 Å². The highest BCUT2D eigenvalue weighted by molar-refractivity contribution is 5.69. The van der Waals surface area contributed by atoms with Gasteiger partial charge in [0.05, 0.1) is 0 Å². The van der Waals surface area contributed by atoms with Gasteiger partial charge in [-0.25, -0.2) is 0 Å². The topological polar surface area (TPSA) is 44.5 Å². The van der Waals surface area contributed by atoms with Crippen LogP contribution in [0, 0.1) is 5.92 Å². The predicted molar refractivity (Wildman–Crippen MR) is 73.7 cm³/mol. The predicted octanol–water partition coefficient (Wildman–Crippen LogP) is 3.19. The van der Waals surface area contributed by atoms with Gasteiger partial charge in [-0.15, -0.1) is 0 Å².